The van der Waals surface area contributed by atoms with Crippen LogP contribution in [0.2, 0.25) is 0 Å². The molecule has 1 aliphatic rings. The Morgan fingerprint density at radius 3 is 2.15 bits per heavy atom. The summed E-state index contributed by atoms with van der Waals surface area (Å²) in [5, 5.41) is 8.98. The van der Waals surface area contributed by atoms with E-state index >= 15 is 0 Å². The SMILES string of the molecule is CCCCCCCCCCCCN1CCCC(C#N)C1. The van der Waals surface area contributed by atoms with Crippen molar-refractivity contribution >= 4 is 0 Å². The van der Waals surface area contributed by atoms with Crippen LogP contribution in [0.4, 0.5) is 0 Å². The maximum absolute atomic E-state index is 8.98. The molecule has 0 N–H and O–H groups in total. The van der Waals surface area contributed by atoms with Crippen molar-refractivity contribution in [1.29, 1.82) is 5.26 Å². The summed E-state index contributed by atoms with van der Waals surface area (Å²) in [4.78, 5) is 2.50. The van der Waals surface area contributed by atoms with Crippen LogP contribution >= 0.6 is 0 Å². The minimum atomic E-state index is 0.298. The average molecular weight is 278 g/mol. The van der Waals surface area contributed by atoms with E-state index in [9.17, 15) is 0 Å². The fourth-order valence-corrected chi connectivity index (χ4v) is 3.19. The third-order valence-electron chi connectivity index (χ3n) is 4.52. The molecule has 1 aliphatic heterocycles. The van der Waals surface area contributed by atoms with E-state index in [1.165, 1.54) is 83.7 Å². The minimum Gasteiger partial charge on any atom is -0.302 e. The highest BCUT2D eigenvalue weighted by molar-refractivity contribution is 4.88. The molecule has 1 fully saturated rings. The summed E-state index contributed by atoms with van der Waals surface area (Å²) < 4.78 is 0. The van der Waals surface area contributed by atoms with E-state index < -0.39 is 0 Å². The Hall–Kier alpha value is -0.550. The molecule has 116 valence electrons. The Bertz CT molecular complexity index is 257. The summed E-state index contributed by atoms with van der Waals surface area (Å²) >= 11 is 0. The van der Waals surface area contributed by atoms with E-state index in [1.807, 2.05) is 0 Å². The van der Waals surface area contributed by atoms with Crippen LogP contribution in [0.1, 0.15) is 84.0 Å². The molecule has 0 aromatic rings. The molecule has 0 bridgehead atoms. The lowest BCUT2D eigenvalue weighted by Gasteiger charge is -2.29. The van der Waals surface area contributed by atoms with Crippen molar-refractivity contribution < 1.29 is 0 Å². The molecule has 0 radical (unpaired) electrons. The molecule has 0 spiro atoms. The van der Waals surface area contributed by atoms with Crippen LogP contribution in [-0.4, -0.2) is 24.5 Å². The maximum Gasteiger partial charge on any atom is 0.0669 e. The molecule has 0 saturated carbocycles. The molecular weight excluding hydrogens is 244 g/mol. The Morgan fingerprint density at radius 1 is 0.950 bits per heavy atom. The van der Waals surface area contributed by atoms with Gasteiger partial charge in [-0.3, -0.25) is 0 Å². The molecule has 0 aromatic carbocycles. The van der Waals surface area contributed by atoms with Crippen LogP contribution < -0.4 is 0 Å². The number of hydrogen-bond acceptors (Lipinski definition) is 2. The summed E-state index contributed by atoms with van der Waals surface area (Å²) in [6, 6.07) is 2.43. The standard InChI is InChI=1S/C18H34N2/c1-2-3-4-5-6-7-8-9-10-11-14-20-15-12-13-18(16-19)17-20/h18H,2-15,17H2,1H3. The summed E-state index contributed by atoms with van der Waals surface area (Å²) in [5.74, 6) is 0.298. The van der Waals surface area contributed by atoms with E-state index in [4.69, 9.17) is 5.26 Å². The van der Waals surface area contributed by atoms with Gasteiger partial charge >= 0.3 is 0 Å². The van der Waals surface area contributed by atoms with Gasteiger partial charge in [0, 0.05) is 6.54 Å². The number of unbranched alkanes of at least 4 members (excludes halogenated alkanes) is 9. The van der Waals surface area contributed by atoms with Gasteiger partial charge in [0.2, 0.25) is 0 Å². The molecular formula is C18H34N2. The van der Waals surface area contributed by atoms with Crippen molar-refractivity contribution in [3.8, 4) is 6.07 Å². The molecule has 1 atom stereocenters. The lowest BCUT2D eigenvalue weighted by atomic mass is 9.99. The topological polar surface area (TPSA) is 27.0 Å². The first-order chi connectivity index (χ1) is 9.86. The maximum atomic E-state index is 8.98. The van der Waals surface area contributed by atoms with Crippen LogP contribution in [0.5, 0.6) is 0 Å². The highest BCUT2D eigenvalue weighted by atomic mass is 15.1. The number of likely N-dealkylation sites (tertiary alicyclic amines) is 1. The van der Waals surface area contributed by atoms with Gasteiger partial charge < -0.3 is 4.90 Å². The number of nitrogens with zero attached hydrogens (tertiary/aromatic N) is 2. The Labute approximate surface area is 126 Å². The zero-order valence-electron chi connectivity index (χ0n) is 13.6. The van der Waals surface area contributed by atoms with Gasteiger partial charge in [-0.25, -0.2) is 0 Å². The molecule has 1 heterocycles. The van der Waals surface area contributed by atoms with E-state index in [2.05, 4.69) is 17.9 Å². The largest absolute Gasteiger partial charge is 0.302 e. The Kier molecular flexibility index (Phi) is 10.7. The Balaban J connectivity index is 1.84. The molecule has 1 unspecified atom stereocenters. The van der Waals surface area contributed by atoms with Gasteiger partial charge in [-0.1, -0.05) is 64.7 Å². The summed E-state index contributed by atoms with van der Waals surface area (Å²) in [7, 11) is 0. The first-order valence-corrected chi connectivity index (χ1v) is 8.98. The average Bonchev–Trinajstić information content (AvgIpc) is 2.49. The quantitative estimate of drug-likeness (QED) is 0.489. The van der Waals surface area contributed by atoms with E-state index in [-0.39, 0.29) is 0 Å². The third kappa shape index (κ3) is 8.59. The van der Waals surface area contributed by atoms with Gasteiger partial charge in [-0.2, -0.15) is 5.26 Å². The summed E-state index contributed by atoms with van der Waals surface area (Å²) in [5.41, 5.74) is 0. The zero-order chi connectivity index (χ0) is 14.5. The van der Waals surface area contributed by atoms with Crippen molar-refractivity contribution in [2.24, 2.45) is 5.92 Å². The predicted octanol–water partition coefficient (Wildman–Crippen LogP) is 5.14. The van der Waals surface area contributed by atoms with Crippen LogP contribution in [0.15, 0.2) is 0 Å². The second-order valence-electron chi connectivity index (χ2n) is 6.45. The van der Waals surface area contributed by atoms with Gasteiger partial charge in [-0.15, -0.1) is 0 Å². The fourth-order valence-electron chi connectivity index (χ4n) is 3.19. The van der Waals surface area contributed by atoms with Crippen molar-refractivity contribution in [2.45, 2.75) is 84.0 Å². The van der Waals surface area contributed by atoms with E-state index in [0.717, 1.165) is 13.0 Å². The number of rotatable bonds is 11. The molecule has 1 rings (SSSR count). The first kappa shape index (κ1) is 17.5. The van der Waals surface area contributed by atoms with Gasteiger partial charge in [0.05, 0.1) is 12.0 Å². The second-order valence-corrected chi connectivity index (χ2v) is 6.45. The third-order valence-corrected chi connectivity index (χ3v) is 4.52. The molecule has 2 nitrogen and oxygen atoms in total. The minimum absolute atomic E-state index is 0.298. The van der Waals surface area contributed by atoms with Crippen molar-refractivity contribution in [3.63, 3.8) is 0 Å². The summed E-state index contributed by atoms with van der Waals surface area (Å²) in [6.07, 6.45) is 16.4. The van der Waals surface area contributed by atoms with Crippen LogP contribution in [0.3, 0.4) is 0 Å². The van der Waals surface area contributed by atoms with Crippen molar-refractivity contribution in [3.05, 3.63) is 0 Å². The molecule has 0 aromatic heterocycles. The highest BCUT2D eigenvalue weighted by Gasteiger charge is 2.18. The molecule has 0 amide bonds. The fraction of sp³-hybridized carbons (Fsp3) is 0.944. The highest BCUT2D eigenvalue weighted by Crippen LogP contribution is 2.16. The molecule has 1 saturated heterocycles. The number of hydrogen-bond donors (Lipinski definition) is 0. The van der Waals surface area contributed by atoms with Gasteiger partial charge in [0.1, 0.15) is 0 Å². The van der Waals surface area contributed by atoms with Crippen LogP contribution in [0.25, 0.3) is 0 Å². The normalized spacial score (nSPS) is 19.9. The van der Waals surface area contributed by atoms with Gasteiger partial charge in [-0.05, 0) is 32.4 Å². The van der Waals surface area contributed by atoms with Gasteiger partial charge in [0.25, 0.3) is 0 Å². The summed E-state index contributed by atoms with van der Waals surface area (Å²) in [6.45, 7) is 5.74. The second kappa shape index (κ2) is 12.2. The van der Waals surface area contributed by atoms with E-state index in [0.29, 0.717) is 5.92 Å². The smallest absolute Gasteiger partial charge is 0.0669 e. The lowest BCUT2D eigenvalue weighted by molar-refractivity contribution is 0.196. The predicted molar refractivity (Wildman–Crippen MR) is 86.6 cm³/mol. The van der Waals surface area contributed by atoms with Crippen LogP contribution in [-0.2, 0) is 0 Å². The van der Waals surface area contributed by atoms with Gasteiger partial charge in [0.15, 0.2) is 0 Å². The zero-order valence-corrected chi connectivity index (χ0v) is 13.6. The lowest BCUT2D eigenvalue weighted by Crippen LogP contribution is -2.35. The number of nitriles is 1. The van der Waals surface area contributed by atoms with E-state index in [1.54, 1.807) is 0 Å². The monoisotopic (exact) mass is 278 g/mol. The molecule has 0 aliphatic carbocycles. The van der Waals surface area contributed by atoms with Crippen molar-refractivity contribution in [1.82, 2.24) is 4.90 Å². The Morgan fingerprint density at radius 2 is 1.55 bits per heavy atom. The number of piperidine rings is 1. The first-order valence-electron chi connectivity index (χ1n) is 8.98. The molecule has 20 heavy (non-hydrogen) atoms. The molecule has 2 heteroatoms. The van der Waals surface area contributed by atoms with Crippen molar-refractivity contribution in [2.75, 3.05) is 19.6 Å². The van der Waals surface area contributed by atoms with Crippen LogP contribution in [0, 0.1) is 17.2 Å².